The molecule has 20 heavy (non-hydrogen) atoms. The molecule has 2 heterocycles. The second kappa shape index (κ2) is 5.42. The molecule has 0 fully saturated rings. The van der Waals surface area contributed by atoms with Crippen molar-refractivity contribution in [1.82, 2.24) is 10.2 Å². The Morgan fingerprint density at radius 1 is 1.25 bits per heavy atom. The summed E-state index contributed by atoms with van der Waals surface area (Å²) in [6, 6.07) is 9.54. The Hall–Kier alpha value is -2.21. The quantitative estimate of drug-likeness (QED) is 0.584. The maximum Gasteiger partial charge on any atom is 0.283 e. The monoisotopic (exact) mass is 287 g/mol. The molecule has 0 atom stereocenters. The van der Waals surface area contributed by atoms with Gasteiger partial charge in [-0.25, -0.2) is 0 Å². The predicted molar refractivity (Wildman–Crippen MR) is 77.2 cm³/mol. The fraction of sp³-hybridized carbons (Fsp3) is 0.143. The fourth-order valence-electron chi connectivity index (χ4n) is 1.75. The summed E-state index contributed by atoms with van der Waals surface area (Å²) in [5.41, 5.74) is 7.87. The Morgan fingerprint density at radius 3 is 2.90 bits per heavy atom. The number of thioether (sulfide) groups is 1. The van der Waals surface area contributed by atoms with Gasteiger partial charge in [0.25, 0.3) is 5.89 Å². The second-order valence-electron chi connectivity index (χ2n) is 4.31. The number of nitrogen functional groups attached to an aromatic ring is 1. The van der Waals surface area contributed by atoms with Gasteiger partial charge in [-0.1, -0.05) is 6.07 Å². The van der Waals surface area contributed by atoms with E-state index in [0.29, 0.717) is 23.3 Å². The lowest BCUT2D eigenvalue weighted by Gasteiger charge is -2.04. The zero-order valence-corrected chi connectivity index (χ0v) is 11.7. The van der Waals surface area contributed by atoms with Crippen molar-refractivity contribution in [3.05, 3.63) is 48.0 Å². The summed E-state index contributed by atoms with van der Waals surface area (Å²) in [7, 11) is 0. The number of benzene rings is 1. The molecule has 0 saturated carbocycles. The first kappa shape index (κ1) is 12.8. The van der Waals surface area contributed by atoms with Gasteiger partial charge in [-0.2, -0.15) is 0 Å². The van der Waals surface area contributed by atoms with Crippen LogP contribution in [0.3, 0.4) is 0 Å². The Morgan fingerprint density at radius 2 is 2.15 bits per heavy atom. The minimum Gasteiger partial charge on any atom is -0.459 e. The second-order valence-corrected chi connectivity index (χ2v) is 5.33. The molecule has 0 radical (unpaired) electrons. The average Bonchev–Trinajstić information content (AvgIpc) is 3.08. The number of nitrogens with two attached hydrogens (primary N) is 1. The van der Waals surface area contributed by atoms with Crippen LogP contribution in [-0.2, 0) is 5.75 Å². The molecule has 0 aliphatic carbocycles. The molecular formula is C14H13N3O2S. The van der Waals surface area contributed by atoms with Gasteiger partial charge in [-0.05, 0) is 36.8 Å². The number of hydrogen-bond acceptors (Lipinski definition) is 6. The van der Waals surface area contributed by atoms with Gasteiger partial charge in [0, 0.05) is 10.6 Å². The third-order valence-corrected chi connectivity index (χ3v) is 3.79. The first-order valence-corrected chi connectivity index (χ1v) is 7.06. The number of aryl methyl sites for hydroxylation is 1. The molecule has 5 nitrogen and oxygen atoms in total. The number of rotatable bonds is 4. The van der Waals surface area contributed by atoms with E-state index < -0.39 is 0 Å². The van der Waals surface area contributed by atoms with Crippen LogP contribution < -0.4 is 5.73 Å². The normalized spacial score (nSPS) is 10.8. The van der Waals surface area contributed by atoms with Crippen molar-refractivity contribution in [2.75, 3.05) is 5.73 Å². The lowest BCUT2D eigenvalue weighted by molar-refractivity contribution is 0.494. The Kier molecular flexibility index (Phi) is 3.47. The van der Waals surface area contributed by atoms with E-state index in [-0.39, 0.29) is 0 Å². The first-order valence-electron chi connectivity index (χ1n) is 6.07. The molecule has 0 spiro atoms. The summed E-state index contributed by atoms with van der Waals surface area (Å²) >= 11 is 1.57. The van der Waals surface area contributed by atoms with Crippen LogP contribution >= 0.6 is 11.8 Å². The number of furan rings is 1. The molecule has 0 aliphatic heterocycles. The van der Waals surface area contributed by atoms with Crippen LogP contribution in [0.2, 0.25) is 0 Å². The molecular weight excluding hydrogens is 274 g/mol. The largest absolute Gasteiger partial charge is 0.459 e. The van der Waals surface area contributed by atoms with Gasteiger partial charge in [0.15, 0.2) is 5.76 Å². The Labute approximate surface area is 120 Å². The van der Waals surface area contributed by atoms with Crippen molar-refractivity contribution >= 4 is 17.4 Å². The molecule has 0 saturated heterocycles. The lowest BCUT2D eigenvalue weighted by atomic mass is 10.2. The zero-order valence-electron chi connectivity index (χ0n) is 10.9. The highest BCUT2D eigenvalue weighted by atomic mass is 32.2. The molecule has 1 aromatic carbocycles. The van der Waals surface area contributed by atoms with Crippen molar-refractivity contribution in [3.8, 4) is 11.7 Å². The third kappa shape index (κ3) is 2.70. The number of hydrogen-bond donors (Lipinski definition) is 1. The summed E-state index contributed by atoms with van der Waals surface area (Å²) in [6.07, 6.45) is 1.57. The molecule has 0 bridgehead atoms. The minimum atomic E-state index is 0.391. The van der Waals surface area contributed by atoms with Gasteiger partial charge in [-0.15, -0.1) is 22.0 Å². The highest BCUT2D eigenvalue weighted by molar-refractivity contribution is 7.98. The number of anilines is 1. The molecule has 2 aromatic heterocycles. The first-order chi connectivity index (χ1) is 9.72. The fourth-order valence-corrected chi connectivity index (χ4v) is 2.54. The van der Waals surface area contributed by atoms with Gasteiger partial charge in [-0.3, -0.25) is 0 Å². The number of aromatic nitrogens is 2. The topological polar surface area (TPSA) is 78.1 Å². The van der Waals surface area contributed by atoms with Crippen molar-refractivity contribution < 1.29 is 8.83 Å². The summed E-state index contributed by atoms with van der Waals surface area (Å²) in [4.78, 5) is 1.01. The molecule has 2 N–H and O–H groups in total. The van der Waals surface area contributed by atoms with Gasteiger partial charge >= 0.3 is 0 Å². The van der Waals surface area contributed by atoms with Crippen LogP contribution in [0, 0.1) is 6.92 Å². The van der Waals surface area contributed by atoms with E-state index >= 15 is 0 Å². The molecule has 0 aliphatic rings. The van der Waals surface area contributed by atoms with Crippen molar-refractivity contribution in [3.63, 3.8) is 0 Å². The van der Waals surface area contributed by atoms with Crippen LogP contribution in [0.5, 0.6) is 0 Å². The van der Waals surface area contributed by atoms with E-state index in [1.54, 1.807) is 30.2 Å². The maximum atomic E-state index is 5.97. The Bertz CT molecular complexity index is 707. The standard InChI is InChI=1S/C14H13N3O2S/c1-9-4-5-12(10(15)7-9)20-8-13-16-17-14(19-13)11-3-2-6-18-11/h2-7H,8,15H2,1H3. The van der Waals surface area contributed by atoms with Crippen LogP contribution in [0.25, 0.3) is 11.7 Å². The number of nitrogens with zero attached hydrogens (tertiary/aromatic N) is 2. The van der Waals surface area contributed by atoms with E-state index in [1.807, 2.05) is 25.1 Å². The van der Waals surface area contributed by atoms with E-state index in [0.717, 1.165) is 16.1 Å². The smallest absolute Gasteiger partial charge is 0.283 e. The molecule has 3 aromatic rings. The maximum absolute atomic E-state index is 5.97. The SMILES string of the molecule is Cc1ccc(SCc2nnc(-c3ccco3)o2)c(N)c1. The van der Waals surface area contributed by atoms with Crippen LogP contribution in [0.15, 0.2) is 50.3 Å². The van der Waals surface area contributed by atoms with E-state index in [9.17, 15) is 0 Å². The van der Waals surface area contributed by atoms with Crippen molar-refractivity contribution in [2.24, 2.45) is 0 Å². The van der Waals surface area contributed by atoms with Gasteiger partial charge < -0.3 is 14.6 Å². The summed E-state index contributed by atoms with van der Waals surface area (Å²) in [5.74, 6) is 2.08. The lowest BCUT2D eigenvalue weighted by Crippen LogP contribution is -1.90. The van der Waals surface area contributed by atoms with E-state index in [1.165, 1.54) is 0 Å². The average molecular weight is 287 g/mol. The zero-order chi connectivity index (χ0) is 13.9. The minimum absolute atomic E-state index is 0.391. The Balaban J connectivity index is 1.70. The van der Waals surface area contributed by atoms with Gasteiger partial charge in [0.1, 0.15) is 0 Å². The summed E-state index contributed by atoms with van der Waals surface area (Å²) in [6.45, 7) is 2.01. The van der Waals surface area contributed by atoms with Crippen molar-refractivity contribution in [1.29, 1.82) is 0 Å². The summed E-state index contributed by atoms with van der Waals surface area (Å²) in [5, 5.41) is 7.95. The predicted octanol–water partition coefficient (Wildman–Crippen LogP) is 3.51. The van der Waals surface area contributed by atoms with E-state index in [2.05, 4.69) is 10.2 Å². The highest BCUT2D eigenvalue weighted by Gasteiger charge is 2.11. The van der Waals surface area contributed by atoms with Gasteiger partial charge in [0.05, 0.1) is 12.0 Å². The molecule has 6 heteroatoms. The third-order valence-electron chi connectivity index (χ3n) is 2.72. The van der Waals surface area contributed by atoms with E-state index in [4.69, 9.17) is 14.6 Å². The molecule has 0 unspecified atom stereocenters. The van der Waals surface area contributed by atoms with Crippen LogP contribution in [0.4, 0.5) is 5.69 Å². The van der Waals surface area contributed by atoms with Crippen molar-refractivity contribution in [2.45, 2.75) is 17.6 Å². The molecule has 3 rings (SSSR count). The van der Waals surface area contributed by atoms with Crippen LogP contribution in [-0.4, -0.2) is 10.2 Å². The summed E-state index contributed by atoms with van der Waals surface area (Å²) < 4.78 is 10.7. The molecule has 102 valence electrons. The van der Waals surface area contributed by atoms with Gasteiger partial charge in [0.2, 0.25) is 5.89 Å². The molecule has 0 amide bonds. The highest BCUT2D eigenvalue weighted by Crippen LogP contribution is 2.29. The van der Waals surface area contributed by atoms with Crippen LogP contribution in [0.1, 0.15) is 11.5 Å².